The first-order valence-corrected chi connectivity index (χ1v) is 30.9. The summed E-state index contributed by atoms with van der Waals surface area (Å²) in [5.41, 5.74) is -0.0209. The Labute approximate surface area is 451 Å². The van der Waals surface area contributed by atoms with Gasteiger partial charge in [0.05, 0.1) is 32.3 Å². The molecule has 0 aromatic rings. The molecule has 73 heavy (non-hydrogen) atoms. The first kappa shape index (κ1) is 70.7. The fourth-order valence-corrected chi connectivity index (χ4v) is 9.33. The monoisotopic (exact) mass is 1030 g/mol. The number of carbonyl (C=O) groups excluding carboxylic acids is 2. The Morgan fingerprint density at radius 2 is 0.836 bits per heavy atom. The molecule has 0 unspecified atom stereocenters. The largest absolute Gasteiger partial charge is 0.466 e. The molecule has 0 aromatic heterocycles. The molecule has 1 aliphatic rings. The molecule has 0 spiro atoms. The first-order valence-electron chi connectivity index (χ1n) is 30.9. The second-order valence-electron chi connectivity index (χ2n) is 21.0. The Morgan fingerprint density at radius 1 is 0.507 bits per heavy atom. The minimum absolute atomic E-state index is 0.0209. The molecular formula is C63H118N2O8. The topological polar surface area (TPSA) is 105 Å². The summed E-state index contributed by atoms with van der Waals surface area (Å²) in [5.74, 6) is 1.90. The van der Waals surface area contributed by atoms with Gasteiger partial charge in [0.2, 0.25) is 0 Å². The zero-order chi connectivity index (χ0) is 53.4. The third-order valence-electron chi connectivity index (χ3n) is 14.3. The van der Waals surface area contributed by atoms with Gasteiger partial charge in [-0.05, 0) is 89.8 Å². The van der Waals surface area contributed by atoms with Crippen LogP contribution in [0.15, 0.2) is 17.3 Å². The van der Waals surface area contributed by atoms with Crippen molar-refractivity contribution in [3.63, 3.8) is 0 Å². The van der Waals surface area contributed by atoms with E-state index in [-0.39, 0.29) is 29.9 Å². The van der Waals surface area contributed by atoms with E-state index in [2.05, 4.69) is 50.4 Å². The summed E-state index contributed by atoms with van der Waals surface area (Å²) in [5, 5.41) is 0. The number of hydrogen-bond acceptors (Lipinski definition) is 10. The lowest BCUT2D eigenvalue weighted by Gasteiger charge is -2.42. The molecule has 0 bridgehead atoms. The van der Waals surface area contributed by atoms with Crippen molar-refractivity contribution < 1.29 is 38.0 Å². The summed E-state index contributed by atoms with van der Waals surface area (Å²) in [6.45, 7) is 19.8. The Hall–Kier alpha value is -2.29. The molecule has 1 heterocycles. The van der Waals surface area contributed by atoms with Gasteiger partial charge in [0.1, 0.15) is 0 Å². The van der Waals surface area contributed by atoms with Crippen LogP contribution in [0.2, 0.25) is 0 Å². The summed E-state index contributed by atoms with van der Waals surface area (Å²) in [7, 11) is 0. The highest BCUT2D eigenvalue weighted by Crippen LogP contribution is 2.39. The van der Waals surface area contributed by atoms with Gasteiger partial charge in [0, 0.05) is 45.5 Å². The number of aliphatic imine (C=N–C) groups is 1. The molecule has 0 atom stereocenters. The smallest absolute Gasteiger partial charge is 0.305 e. The maximum Gasteiger partial charge on any atom is 0.305 e. The molecule has 0 aliphatic carbocycles. The number of carbonyl (C=O) groups is 2. The van der Waals surface area contributed by atoms with Crippen LogP contribution in [0.3, 0.4) is 0 Å². The number of esters is 2. The van der Waals surface area contributed by atoms with Crippen LogP contribution in [0.4, 0.5) is 0 Å². The fraction of sp³-hybridized carbons (Fsp3) is 0.889. The van der Waals surface area contributed by atoms with Gasteiger partial charge in [0.15, 0.2) is 12.6 Å². The van der Waals surface area contributed by atoms with Crippen molar-refractivity contribution in [2.24, 2.45) is 10.4 Å². The number of likely N-dealkylation sites (tertiary alicyclic amines) is 1. The van der Waals surface area contributed by atoms with E-state index in [0.717, 1.165) is 71.0 Å². The van der Waals surface area contributed by atoms with Crippen molar-refractivity contribution in [3.8, 4) is 12.3 Å². The zero-order valence-electron chi connectivity index (χ0n) is 48.9. The first-order chi connectivity index (χ1) is 35.8. The summed E-state index contributed by atoms with van der Waals surface area (Å²) in [6.07, 6.45) is 51.3. The van der Waals surface area contributed by atoms with Crippen LogP contribution in [-0.4, -0.2) is 94.9 Å². The summed E-state index contributed by atoms with van der Waals surface area (Å²) >= 11 is 0. The van der Waals surface area contributed by atoms with Crippen LogP contribution >= 0.6 is 0 Å². The van der Waals surface area contributed by atoms with E-state index in [9.17, 15) is 9.59 Å². The van der Waals surface area contributed by atoms with Gasteiger partial charge in [-0.15, -0.1) is 6.42 Å². The minimum atomic E-state index is -0.366. The highest BCUT2D eigenvalue weighted by Gasteiger charge is 2.35. The number of piperidine rings is 1. The van der Waals surface area contributed by atoms with Crippen molar-refractivity contribution in [2.75, 3.05) is 59.3 Å². The summed E-state index contributed by atoms with van der Waals surface area (Å²) in [4.78, 5) is 32.6. The number of unbranched alkanes of at least 4 members (excludes halogenated alkanes) is 25. The van der Waals surface area contributed by atoms with Crippen LogP contribution in [0.25, 0.3) is 0 Å². The van der Waals surface area contributed by atoms with Gasteiger partial charge in [-0.2, -0.15) is 0 Å². The van der Waals surface area contributed by atoms with E-state index in [1.807, 2.05) is 13.0 Å². The second-order valence-corrected chi connectivity index (χ2v) is 21.0. The van der Waals surface area contributed by atoms with Crippen LogP contribution in [0.1, 0.15) is 286 Å². The average Bonchev–Trinajstić information content (AvgIpc) is 3.39. The Morgan fingerprint density at radius 3 is 1.15 bits per heavy atom. The highest BCUT2D eigenvalue weighted by atomic mass is 16.7. The van der Waals surface area contributed by atoms with Gasteiger partial charge in [0.25, 0.3) is 0 Å². The molecule has 1 rings (SSSR count). The van der Waals surface area contributed by atoms with E-state index in [4.69, 9.17) is 34.8 Å². The molecular weight excluding hydrogens is 913 g/mol. The number of nitrogens with zero attached hydrogens (tertiary/aromatic N) is 2. The lowest BCUT2D eigenvalue weighted by atomic mass is 9.73. The van der Waals surface area contributed by atoms with Gasteiger partial charge in [-0.1, -0.05) is 207 Å². The third kappa shape index (κ3) is 47.9. The van der Waals surface area contributed by atoms with Crippen molar-refractivity contribution in [1.29, 1.82) is 0 Å². The van der Waals surface area contributed by atoms with Gasteiger partial charge >= 0.3 is 11.9 Å². The van der Waals surface area contributed by atoms with Crippen LogP contribution < -0.4 is 0 Å². The van der Waals surface area contributed by atoms with Crippen molar-refractivity contribution in [2.45, 2.75) is 298 Å². The van der Waals surface area contributed by atoms with Crippen LogP contribution in [0, 0.1) is 17.8 Å². The van der Waals surface area contributed by atoms with E-state index < -0.39 is 0 Å². The van der Waals surface area contributed by atoms with Gasteiger partial charge < -0.3 is 33.3 Å². The number of ether oxygens (including phenoxy) is 6. The predicted octanol–water partition coefficient (Wildman–Crippen LogP) is 17.2. The number of hydrogen-bond donors (Lipinski definition) is 0. The number of rotatable bonds is 52. The lowest BCUT2D eigenvalue weighted by molar-refractivity contribution is -0.160. The highest BCUT2D eigenvalue weighted by molar-refractivity contribution is 5.77. The predicted molar refractivity (Wildman–Crippen MR) is 308 cm³/mol. The molecule has 0 aromatic carbocycles. The molecule has 0 saturated carbocycles. The molecule has 428 valence electrons. The lowest BCUT2D eigenvalue weighted by Crippen LogP contribution is -2.41. The molecule has 10 nitrogen and oxygen atoms in total. The maximum atomic E-state index is 13.2. The van der Waals surface area contributed by atoms with Gasteiger partial charge in [-0.25, -0.2) is 0 Å². The van der Waals surface area contributed by atoms with E-state index >= 15 is 0 Å². The second kappa shape index (κ2) is 55.9. The van der Waals surface area contributed by atoms with E-state index in [1.54, 1.807) is 6.20 Å². The fourth-order valence-electron chi connectivity index (χ4n) is 9.33. The average molecular weight is 1030 g/mol. The molecule has 0 N–H and O–H groups in total. The molecule has 0 radical (unpaired) electrons. The zero-order valence-corrected chi connectivity index (χ0v) is 48.9. The Kier molecular flexibility index (Phi) is 54.2. The minimum Gasteiger partial charge on any atom is -0.466 e. The molecule has 10 heteroatoms. The summed E-state index contributed by atoms with van der Waals surface area (Å²) < 4.78 is 36.7. The normalized spacial score (nSPS) is 13.8. The Bertz CT molecular complexity index is 1170. The summed E-state index contributed by atoms with van der Waals surface area (Å²) in [6, 6.07) is 0. The van der Waals surface area contributed by atoms with E-state index in [0.29, 0.717) is 65.3 Å². The van der Waals surface area contributed by atoms with Crippen molar-refractivity contribution in [3.05, 3.63) is 12.3 Å². The number of allylic oxidation sites excluding steroid dienone is 1. The Balaban J connectivity index is 0.00000685. The van der Waals surface area contributed by atoms with Crippen molar-refractivity contribution >= 4 is 18.2 Å². The van der Waals surface area contributed by atoms with Gasteiger partial charge in [-0.3, -0.25) is 14.6 Å². The molecule has 0 amide bonds. The molecule has 1 fully saturated rings. The molecule has 1 aliphatic heterocycles. The quantitative estimate of drug-likeness (QED) is 0.0194. The maximum absolute atomic E-state index is 13.2. The van der Waals surface area contributed by atoms with E-state index in [1.165, 1.54) is 173 Å². The molecule has 1 saturated heterocycles. The van der Waals surface area contributed by atoms with Crippen LogP contribution in [-0.2, 0) is 38.0 Å². The standard InChI is InChI=1S/C57H111NO8.C6H7N/c1-6-11-16-20-24-28-32-47-63-55(64-48-33-29-25-21-17-12-7-2)38-36-53(59)61-51-42-57(40-45-58(46-41-57)44-15-10-5)43-52-62-54(60)37-39-56(65-49-34-30-26-22-18-13-8-3)66-50-35-31-27-23-19-14-9-4;1-3-5-7-6-4-2/h55-56H,6-52H2,1-5H3;1,4-6H,2H3/b;6-4-,7-5?. The third-order valence-corrected chi connectivity index (χ3v) is 14.3. The SMILES string of the molecule is C#CC=N/C=C\C.CCCCCCCCCOC(CCC(=O)OCCC1(CCOC(=O)CCC(OCCCCCCCCC)OCCCCCCCCC)CCN(CCCC)CC1)OCCCCCCCCC. The number of terminal acetylenes is 1. The van der Waals surface area contributed by atoms with Crippen LogP contribution in [0.5, 0.6) is 0 Å². The van der Waals surface area contributed by atoms with Crippen molar-refractivity contribution in [1.82, 2.24) is 4.90 Å².